The molecule has 0 bridgehead atoms. The van der Waals surface area contributed by atoms with Crippen LogP contribution in [0.4, 0.5) is 13.2 Å². The largest absolute Gasteiger partial charge is 0.415 e. The summed E-state index contributed by atoms with van der Waals surface area (Å²) in [5, 5.41) is -0.228. The Morgan fingerprint density at radius 1 is 0.852 bits per heavy atom. The molecule has 0 unspecified atom stereocenters. The van der Waals surface area contributed by atoms with Crippen molar-refractivity contribution in [1.82, 2.24) is 0 Å². The average Bonchev–Trinajstić information content (AvgIpc) is 2.53. The van der Waals surface area contributed by atoms with Crippen LogP contribution in [0.15, 0.2) is 12.1 Å². The molecule has 1 rings (SSSR count). The minimum Gasteiger partial charge on any atom is -0.166 e. The Morgan fingerprint density at radius 3 is 1.85 bits per heavy atom. The standard InChI is InChI=1S/C21H36B3F3/c1-7-9-10-11-18(3,4)14-12-16(21(25,26)27)17(22)13-15(14)20(23,24)19(5,6)8-2/h12-13H,7-11,22-24H2,1-6H3. The van der Waals surface area contributed by atoms with E-state index in [1.54, 1.807) is 7.85 Å². The van der Waals surface area contributed by atoms with Gasteiger partial charge in [0, 0.05) is 5.56 Å². The van der Waals surface area contributed by atoms with Crippen molar-refractivity contribution >= 4 is 29.0 Å². The van der Waals surface area contributed by atoms with Crippen LogP contribution in [-0.4, -0.2) is 23.5 Å². The third kappa shape index (κ3) is 5.18. The van der Waals surface area contributed by atoms with Gasteiger partial charge in [0.25, 0.3) is 0 Å². The van der Waals surface area contributed by atoms with Gasteiger partial charge in [0.15, 0.2) is 0 Å². The zero-order valence-electron chi connectivity index (χ0n) is 18.8. The lowest BCUT2D eigenvalue weighted by Crippen LogP contribution is -2.45. The molecule has 0 fully saturated rings. The van der Waals surface area contributed by atoms with Gasteiger partial charge in [0.05, 0.1) is 0 Å². The van der Waals surface area contributed by atoms with Gasteiger partial charge >= 0.3 is 6.18 Å². The molecule has 1 aromatic rings. The Balaban J connectivity index is 3.70. The van der Waals surface area contributed by atoms with Crippen LogP contribution in [0.25, 0.3) is 0 Å². The second kappa shape index (κ2) is 8.29. The van der Waals surface area contributed by atoms with E-state index in [0.29, 0.717) is 5.46 Å². The summed E-state index contributed by atoms with van der Waals surface area (Å²) in [6.07, 6.45) is 0.809. The van der Waals surface area contributed by atoms with Crippen molar-refractivity contribution in [2.24, 2.45) is 5.41 Å². The average molecular weight is 378 g/mol. The van der Waals surface area contributed by atoms with Crippen molar-refractivity contribution < 1.29 is 13.2 Å². The van der Waals surface area contributed by atoms with Gasteiger partial charge in [-0.15, -0.1) is 0 Å². The fraction of sp³-hybridized carbons (Fsp3) is 0.714. The number of hydrogen-bond acceptors (Lipinski definition) is 0. The lowest BCUT2D eigenvalue weighted by Gasteiger charge is -2.46. The molecule has 150 valence electrons. The molecular formula is C21H36B3F3. The van der Waals surface area contributed by atoms with E-state index in [1.807, 2.05) is 6.07 Å². The SMILES string of the molecule is Bc1cc(C(B)(B)C(C)(C)CC)c(C(C)(C)CCCCC)cc1C(F)(F)F. The van der Waals surface area contributed by atoms with E-state index >= 15 is 0 Å². The van der Waals surface area contributed by atoms with Crippen molar-refractivity contribution in [1.29, 1.82) is 0 Å². The molecule has 6 heteroatoms. The van der Waals surface area contributed by atoms with E-state index in [1.165, 1.54) is 6.07 Å². The first-order chi connectivity index (χ1) is 12.1. The van der Waals surface area contributed by atoms with E-state index in [-0.39, 0.29) is 16.0 Å². The van der Waals surface area contributed by atoms with E-state index < -0.39 is 11.7 Å². The maximum Gasteiger partial charge on any atom is 0.415 e. The van der Waals surface area contributed by atoms with Gasteiger partial charge in [-0.3, -0.25) is 0 Å². The summed E-state index contributed by atoms with van der Waals surface area (Å²) >= 11 is 0. The fourth-order valence-corrected chi connectivity index (χ4v) is 3.85. The molecule has 0 atom stereocenters. The Morgan fingerprint density at radius 2 is 1.41 bits per heavy atom. The Bertz CT molecular complexity index is 647. The van der Waals surface area contributed by atoms with Crippen LogP contribution in [0.5, 0.6) is 0 Å². The third-order valence-corrected chi connectivity index (χ3v) is 7.05. The molecule has 0 nitrogen and oxygen atoms in total. The van der Waals surface area contributed by atoms with Gasteiger partial charge in [0.2, 0.25) is 0 Å². The van der Waals surface area contributed by atoms with Gasteiger partial charge in [-0.1, -0.05) is 89.5 Å². The fourth-order valence-electron chi connectivity index (χ4n) is 3.85. The molecule has 0 aliphatic heterocycles. The van der Waals surface area contributed by atoms with Crippen molar-refractivity contribution in [3.63, 3.8) is 0 Å². The summed E-state index contributed by atoms with van der Waals surface area (Å²) < 4.78 is 41.0. The van der Waals surface area contributed by atoms with Gasteiger partial charge in [-0.2, -0.15) is 13.2 Å². The van der Waals surface area contributed by atoms with E-state index in [4.69, 9.17) is 0 Å². The molecule has 0 saturated carbocycles. The summed E-state index contributed by atoms with van der Waals surface area (Å²) in [5.41, 5.74) is 1.46. The third-order valence-electron chi connectivity index (χ3n) is 7.05. The number of alkyl halides is 3. The smallest absolute Gasteiger partial charge is 0.166 e. The van der Waals surface area contributed by atoms with Gasteiger partial charge in [-0.25, -0.2) is 0 Å². The van der Waals surface area contributed by atoms with Crippen LogP contribution in [0.3, 0.4) is 0 Å². The molecule has 1 aromatic carbocycles. The van der Waals surface area contributed by atoms with E-state index in [2.05, 4.69) is 57.2 Å². The summed E-state index contributed by atoms with van der Waals surface area (Å²) in [5.74, 6) is 0. The molecule has 0 amide bonds. The second-order valence-corrected chi connectivity index (χ2v) is 9.91. The minimum atomic E-state index is -4.32. The Kier molecular flexibility index (Phi) is 7.44. The van der Waals surface area contributed by atoms with Crippen LogP contribution in [0.2, 0.25) is 0 Å². The van der Waals surface area contributed by atoms with Crippen LogP contribution in [0.1, 0.15) is 90.3 Å². The predicted octanol–water partition coefficient (Wildman–Crippen LogP) is 3.68. The van der Waals surface area contributed by atoms with Crippen molar-refractivity contribution in [3.05, 3.63) is 28.8 Å². The Labute approximate surface area is 167 Å². The molecule has 0 aromatic heterocycles. The first-order valence-corrected chi connectivity index (χ1v) is 10.3. The molecule has 0 saturated heterocycles. The summed E-state index contributed by atoms with van der Waals surface area (Å²) in [6, 6.07) is 3.27. The molecule has 0 spiro atoms. The van der Waals surface area contributed by atoms with Crippen molar-refractivity contribution in [3.8, 4) is 0 Å². The number of rotatable bonds is 8. The highest BCUT2D eigenvalue weighted by Gasteiger charge is 2.42. The molecule has 0 aliphatic rings. The number of benzene rings is 1. The normalized spacial score (nSPS) is 13.8. The van der Waals surface area contributed by atoms with Crippen LogP contribution >= 0.6 is 0 Å². The van der Waals surface area contributed by atoms with Gasteiger partial charge in [-0.05, 0) is 28.9 Å². The van der Waals surface area contributed by atoms with E-state index in [9.17, 15) is 13.2 Å². The van der Waals surface area contributed by atoms with Crippen LogP contribution in [-0.2, 0) is 16.8 Å². The summed E-state index contributed by atoms with van der Waals surface area (Å²) in [7, 11) is 5.96. The van der Waals surface area contributed by atoms with Crippen LogP contribution in [0, 0.1) is 5.41 Å². The minimum absolute atomic E-state index is 0.0204. The van der Waals surface area contributed by atoms with Crippen LogP contribution < -0.4 is 5.46 Å². The molecule has 0 radical (unpaired) electrons. The zero-order valence-corrected chi connectivity index (χ0v) is 18.8. The van der Waals surface area contributed by atoms with E-state index in [0.717, 1.165) is 43.2 Å². The first-order valence-electron chi connectivity index (χ1n) is 10.3. The van der Waals surface area contributed by atoms with Gasteiger partial charge in [0.1, 0.15) is 23.5 Å². The maximum atomic E-state index is 13.7. The zero-order chi connectivity index (χ0) is 21.3. The number of hydrogen-bond donors (Lipinski definition) is 0. The first kappa shape index (κ1) is 24.2. The second-order valence-electron chi connectivity index (χ2n) is 9.91. The highest BCUT2D eigenvalue weighted by molar-refractivity contribution is 6.41. The summed E-state index contributed by atoms with van der Waals surface area (Å²) in [6.45, 7) is 12.9. The van der Waals surface area contributed by atoms with Crippen molar-refractivity contribution in [2.45, 2.75) is 90.5 Å². The molecule has 0 heterocycles. The molecule has 0 N–H and O–H groups in total. The van der Waals surface area contributed by atoms with Crippen molar-refractivity contribution in [2.75, 3.05) is 0 Å². The lowest BCUT2D eigenvalue weighted by molar-refractivity contribution is -0.136. The molecular weight excluding hydrogens is 342 g/mol. The monoisotopic (exact) mass is 378 g/mol. The number of halogens is 3. The quantitative estimate of drug-likeness (QED) is 0.479. The molecule has 0 aliphatic carbocycles. The summed E-state index contributed by atoms with van der Waals surface area (Å²) in [4.78, 5) is 0. The predicted molar refractivity (Wildman–Crippen MR) is 120 cm³/mol. The Hall–Kier alpha value is -0.795. The molecule has 27 heavy (non-hydrogen) atoms. The highest BCUT2D eigenvalue weighted by Crippen LogP contribution is 2.45. The maximum absolute atomic E-state index is 13.7. The highest BCUT2D eigenvalue weighted by atomic mass is 19.4. The number of unbranched alkanes of at least 4 members (excludes halogenated alkanes) is 2. The van der Waals surface area contributed by atoms with Gasteiger partial charge < -0.3 is 0 Å². The lowest BCUT2D eigenvalue weighted by atomic mass is 9.38. The topological polar surface area (TPSA) is 0 Å².